The normalized spacial score (nSPS) is 11.3. The number of rotatable bonds is 4. The van der Waals surface area contributed by atoms with Gasteiger partial charge < -0.3 is 0 Å². The zero-order valence-electron chi connectivity index (χ0n) is 11.0. The summed E-state index contributed by atoms with van der Waals surface area (Å²) in [4.78, 5) is 5.70. The van der Waals surface area contributed by atoms with E-state index >= 15 is 0 Å². The van der Waals surface area contributed by atoms with Crippen LogP contribution in [0.5, 0.6) is 0 Å². The van der Waals surface area contributed by atoms with Crippen LogP contribution in [0.4, 0.5) is 0 Å². The van der Waals surface area contributed by atoms with Crippen molar-refractivity contribution in [2.24, 2.45) is 0 Å². The Labute approximate surface area is 120 Å². The van der Waals surface area contributed by atoms with Gasteiger partial charge in [0.25, 0.3) is 0 Å². The monoisotopic (exact) mass is 289 g/mol. The Hall–Kier alpha value is -1.33. The minimum Gasteiger partial charge on any atom is -0.217 e. The molecule has 3 nitrogen and oxygen atoms in total. The third-order valence-corrected chi connectivity index (χ3v) is 5.13. The maximum absolute atomic E-state index is 4.72. The third kappa shape index (κ3) is 2.40. The highest BCUT2D eigenvalue weighted by Crippen LogP contribution is 2.30. The Balaban J connectivity index is 2.01. The quantitative estimate of drug-likeness (QED) is 0.672. The minimum absolute atomic E-state index is 0.981. The van der Waals surface area contributed by atoms with Crippen LogP contribution in [0.3, 0.4) is 0 Å². The molecule has 2 aromatic heterocycles. The van der Waals surface area contributed by atoms with Crippen molar-refractivity contribution in [2.75, 3.05) is 5.75 Å². The van der Waals surface area contributed by atoms with Gasteiger partial charge in [-0.2, -0.15) is 0 Å². The number of thioether (sulfide) groups is 1. The van der Waals surface area contributed by atoms with E-state index in [-0.39, 0.29) is 0 Å². The molecule has 0 spiro atoms. The maximum atomic E-state index is 4.72. The van der Waals surface area contributed by atoms with Crippen LogP contribution in [0.1, 0.15) is 19.0 Å². The maximum Gasteiger partial charge on any atom is 0.213 e. The van der Waals surface area contributed by atoms with Gasteiger partial charge in [0, 0.05) is 11.3 Å². The Morgan fingerprint density at radius 1 is 1.26 bits per heavy atom. The number of nitrogens with zero attached hydrogens (tertiary/aromatic N) is 3. The number of aromatic nitrogens is 3. The number of fused-ring (bicyclic) bond motifs is 1. The van der Waals surface area contributed by atoms with Crippen LogP contribution in [0.15, 0.2) is 34.7 Å². The van der Waals surface area contributed by atoms with E-state index in [1.54, 1.807) is 11.3 Å². The van der Waals surface area contributed by atoms with Gasteiger partial charge >= 0.3 is 0 Å². The lowest BCUT2D eigenvalue weighted by atomic mass is 10.1. The molecule has 3 aromatic rings. The zero-order chi connectivity index (χ0) is 13.2. The zero-order valence-corrected chi connectivity index (χ0v) is 12.6. The van der Waals surface area contributed by atoms with Gasteiger partial charge in [-0.05, 0) is 13.3 Å². The van der Waals surface area contributed by atoms with Crippen LogP contribution >= 0.6 is 23.1 Å². The molecule has 0 fully saturated rings. The highest BCUT2D eigenvalue weighted by molar-refractivity contribution is 8.01. The topological polar surface area (TPSA) is 30.2 Å². The van der Waals surface area contributed by atoms with Gasteiger partial charge in [-0.15, -0.1) is 5.10 Å². The molecule has 5 heteroatoms. The molecule has 0 saturated heterocycles. The number of aryl methyl sites for hydroxylation is 1. The molecule has 0 aliphatic carbocycles. The molecule has 98 valence electrons. The largest absolute Gasteiger partial charge is 0.217 e. The van der Waals surface area contributed by atoms with Gasteiger partial charge in [-0.1, -0.05) is 60.4 Å². The van der Waals surface area contributed by atoms with E-state index in [0.717, 1.165) is 32.0 Å². The summed E-state index contributed by atoms with van der Waals surface area (Å²) < 4.78 is 3.07. The minimum atomic E-state index is 0.981. The van der Waals surface area contributed by atoms with Gasteiger partial charge in [0.15, 0.2) is 4.34 Å². The van der Waals surface area contributed by atoms with Crippen molar-refractivity contribution in [1.82, 2.24) is 14.6 Å². The SMILES string of the molecule is CCCSc1nn2c(C)c(-c3ccccc3)nc2s1. The Morgan fingerprint density at radius 2 is 2.05 bits per heavy atom. The summed E-state index contributed by atoms with van der Waals surface area (Å²) in [7, 11) is 0. The van der Waals surface area contributed by atoms with E-state index in [2.05, 4.69) is 31.1 Å². The van der Waals surface area contributed by atoms with Crippen molar-refractivity contribution in [3.05, 3.63) is 36.0 Å². The van der Waals surface area contributed by atoms with Gasteiger partial charge in [0.2, 0.25) is 4.96 Å². The van der Waals surface area contributed by atoms with Gasteiger partial charge in [0.05, 0.1) is 11.4 Å². The first kappa shape index (κ1) is 12.7. The number of benzene rings is 1. The number of hydrogen-bond donors (Lipinski definition) is 0. The van der Waals surface area contributed by atoms with Crippen LogP contribution in [0.2, 0.25) is 0 Å². The lowest BCUT2D eigenvalue weighted by Gasteiger charge is -1.97. The molecule has 1 aromatic carbocycles. The second-order valence-corrected chi connectivity index (χ2v) is 6.62. The number of imidazole rings is 1. The Bertz CT molecular complexity index is 685. The van der Waals surface area contributed by atoms with Gasteiger partial charge in [-0.3, -0.25) is 0 Å². The summed E-state index contributed by atoms with van der Waals surface area (Å²) in [6.07, 6.45) is 1.17. The summed E-state index contributed by atoms with van der Waals surface area (Å²) in [5, 5.41) is 4.63. The molecular formula is C14H15N3S2. The lowest BCUT2D eigenvalue weighted by Crippen LogP contribution is -1.89. The summed E-state index contributed by atoms with van der Waals surface area (Å²) in [6, 6.07) is 10.3. The fourth-order valence-electron chi connectivity index (χ4n) is 1.95. The third-order valence-electron chi connectivity index (χ3n) is 2.89. The second kappa shape index (κ2) is 5.35. The van der Waals surface area contributed by atoms with E-state index < -0.39 is 0 Å². The van der Waals surface area contributed by atoms with Crippen LogP contribution in [-0.4, -0.2) is 20.4 Å². The molecule has 0 bridgehead atoms. The average Bonchev–Trinajstić information content (AvgIpc) is 2.97. The fraction of sp³-hybridized carbons (Fsp3) is 0.286. The molecule has 3 rings (SSSR count). The van der Waals surface area contributed by atoms with E-state index in [4.69, 9.17) is 4.98 Å². The first-order valence-corrected chi connectivity index (χ1v) is 8.14. The smallest absolute Gasteiger partial charge is 0.213 e. The van der Waals surface area contributed by atoms with Crippen molar-refractivity contribution in [2.45, 2.75) is 24.6 Å². The van der Waals surface area contributed by atoms with Crippen molar-refractivity contribution >= 4 is 28.1 Å². The Morgan fingerprint density at radius 3 is 2.74 bits per heavy atom. The molecular weight excluding hydrogens is 274 g/mol. The Kier molecular flexibility index (Phi) is 3.57. The second-order valence-electron chi connectivity index (χ2n) is 4.32. The van der Waals surface area contributed by atoms with Crippen LogP contribution in [0, 0.1) is 6.92 Å². The van der Waals surface area contributed by atoms with Crippen molar-refractivity contribution < 1.29 is 0 Å². The van der Waals surface area contributed by atoms with E-state index in [1.165, 1.54) is 6.42 Å². The average molecular weight is 289 g/mol. The van der Waals surface area contributed by atoms with Crippen molar-refractivity contribution in [3.8, 4) is 11.3 Å². The summed E-state index contributed by atoms with van der Waals surface area (Å²) in [6.45, 7) is 4.26. The first-order chi connectivity index (χ1) is 9.29. The standard InChI is InChI=1S/C14H15N3S2/c1-3-9-18-14-16-17-10(2)12(15-13(17)19-14)11-7-5-4-6-8-11/h4-8H,3,9H2,1-2H3. The molecule has 0 amide bonds. The summed E-state index contributed by atoms with van der Waals surface area (Å²) >= 11 is 3.48. The van der Waals surface area contributed by atoms with E-state index in [0.29, 0.717) is 0 Å². The predicted octanol–water partition coefficient (Wildman–Crippen LogP) is 4.27. The lowest BCUT2D eigenvalue weighted by molar-refractivity contribution is 0.882. The molecule has 2 heterocycles. The molecule has 0 aliphatic rings. The highest BCUT2D eigenvalue weighted by Gasteiger charge is 2.14. The van der Waals surface area contributed by atoms with Crippen LogP contribution in [-0.2, 0) is 0 Å². The predicted molar refractivity (Wildman–Crippen MR) is 82.1 cm³/mol. The molecule has 0 unspecified atom stereocenters. The van der Waals surface area contributed by atoms with Gasteiger partial charge in [0.1, 0.15) is 0 Å². The van der Waals surface area contributed by atoms with Crippen LogP contribution in [0.25, 0.3) is 16.2 Å². The highest BCUT2D eigenvalue weighted by atomic mass is 32.2. The summed E-state index contributed by atoms with van der Waals surface area (Å²) in [5.41, 5.74) is 3.30. The summed E-state index contributed by atoms with van der Waals surface area (Å²) in [5.74, 6) is 1.11. The molecule has 0 saturated carbocycles. The van der Waals surface area contributed by atoms with Crippen LogP contribution < -0.4 is 0 Å². The molecule has 0 atom stereocenters. The van der Waals surface area contributed by atoms with E-state index in [9.17, 15) is 0 Å². The van der Waals surface area contributed by atoms with E-state index in [1.807, 2.05) is 34.5 Å². The molecule has 0 aliphatic heterocycles. The molecule has 0 N–H and O–H groups in total. The van der Waals surface area contributed by atoms with Crippen molar-refractivity contribution in [1.29, 1.82) is 0 Å². The van der Waals surface area contributed by atoms with Gasteiger partial charge in [-0.25, -0.2) is 9.50 Å². The molecule has 0 radical (unpaired) electrons. The fourth-order valence-corrected chi connectivity index (χ4v) is 3.86. The number of hydrogen-bond acceptors (Lipinski definition) is 4. The first-order valence-electron chi connectivity index (χ1n) is 6.34. The molecule has 19 heavy (non-hydrogen) atoms. The van der Waals surface area contributed by atoms with Crippen molar-refractivity contribution in [3.63, 3.8) is 0 Å².